The van der Waals surface area contributed by atoms with Crippen molar-refractivity contribution < 1.29 is 9.90 Å². The number of amides is 1. The van der Waals surface area contributed by atoms with Crippen LogP contribution in [0.4, 0.5) is 0 Å². The molecule has 0 aliphatic heterocycles. The first kappa shape index (κ1) is 21.7. The fraction of sp³-hybridized carbons (Fsp3) is 0.375. The van der Waals surface area contributed by atoms with Crippen molar-refractivity contribution in [2.24, 2.45) is 0 Å². The maximum Gasteiger partial charge on any atom is 0.251 e. The van der Waals surface area contributed by atoms with Gasteiger partial charge in [0.25, 0.3) is 5.91 Å². The van der Waals surface area contributed by atoms with Crippen molar-refractivity contribution in [3.63, 3.8) is 0 Å². The van der Waals surface area contributed by atoms with Gasteiger partial charge in [0.15, 0.2) is 0 Å². The van der Waals surface area contributed by atoms with E-state index in [4.69, 9.17) is 0 Å². The summed E-state index contributed by atoms with van der Waals surface area (Å²) >= 11 is 0. The third-order valence-electron chi connectivity index (χ3n) is 4.49. The number of benzene rings is 2. The lowest BCUT2D eigenvalue weighted by atomic mass is 10.0. The molecule has 0 saturated carbocycles. The molecule has 148 valence electrons. The van der Waals surface area contributed by atoms with E-state index in [1.54, 1.807) is 13.0 Å². The van der Waals surface area contributed by atoms with Crippen LogP contribution in [0.5, 0.6) is 0 Å². The number of carbonyl (C=O) groups excluding carboxylic acids is 1. The summed E-state index contributed by atoms with van der Waals surface area (Å²) in [4.78, 5) is 12.3. The number of aliphatic hydroxyl groups excluding tert-OH is 1. The van der Waals surface area contributed by atoms with Crippen molar-refractivity contribution in [1.29, 1.82) is 0 Å². The van der Waals surface area contributed by atoms with E-state index in [1.807, 2.05) is 51.1 Å². The molecule has 0 aliphatic carbocycles. The molecule has 0 heterocycles. The Balaban J connectivity index is 2.03. The normalized spacial score (nSPS) is 13.8. The summed E-state index contributed by atoms with van der Waals surface area (Å²) in [5, 5.41) is 15.4. The van der Waals surface area contributed by atoms with E-state index in [0.29, 0.717) is 5.56 Å². The second kappa shape index (κ2) is 10.7. The second-order valence-corrected chi connectivity index (χ2v) is 7.26. The van der Waals surface area contributed by atoms with Crippen molar-refractivity contribution in [2.75, 3.05) is 0 Å². The summed E-state index contributed by atoms with van der Waals surface area (Å²) in [7, 11) is 0. The van der Waals surface area contributed by atoms with Gasteiger partial charge in [0.2, 0.25) is 0 Å². The molecule has 28 heavy (non-hydrogen) atoms. The molecule has 2 aromatic carbocycles. The first-order valence-electron chi connectivity index (χ1n) is 9.83. The van der Waals surface area contributed by atoms with Crippen molar-refractivity contribution in [3.8, 4) is 11.8 Å². The molecular weight excluding hydrogens is 348 g/mol. The van der Waals surface area contributed by atoms with Crippen LogP contribution in [0.2, 0.25) is 0 Å². The summed E-state index contributed by atoms with van der Waals surface area (Å²) in [6, 6.07) is 15.8. The number of hydrogen-bond acceptors (Lipinski definition) is 3. The van der Waals surface area contributed by atoms with E-state index < -0.39 is 6.23 Å². The van der Waals surface area contributed by atoms with Gasteiger partial charge in [-0.2, -0.15) is 0 Å². The lowest BCUT2D eigenvalue weighted by molar-refractivity contribution is 0.0939. The molecule has 0 aromatic heterocycles. The molecule has 1 amide bonds. The van der Waals surface area contributed by atoms with Gasteiger partial charge in [-0.3, -0.25) is 10.1 Å². The highest BCUT2D eigenvalue weighted by molar-refractivity contribution is 5.94. The highest BCUT2D eigenvalue weighted by Gasteiger charge is 2.08. The molecule has 0 aliphatic rings. The SMILES string of the molecule is CCC(C)NC(=O)c1cccc(C#Cc2ccc(CC(C)NC(C)O)cc2)c1. The molecule has 0 radical (unpaired) electrons. The van der Waals surface area contributed by atoms with Gasteiger partial charge in [-0.15, -0.1) is 0 Å². The molecule has 2 rings (SSSR count). The maximum absolute atomic E-state index is 12.3. The molecule has 4 nitrogen and oxygen atoms in total. The van der Waals surface area contributed by atoms with Crippen molar-refractivity contribution >= 4 is 5.91 Å². The third kappa shape index (κ3) is 7.19. The third-order valence-corrected chi connectivity index (χ3v) is 4.49. The van der Waals surface area contributed by atoms with Crippen LogP contribution in [0.1, 0.15) is 61.2 Å². The Labute approximate surface area is 168 Å². The van der Waals surface area contributed by atoms with Gasteiger partial charge < -0.3 is 10.4 Å². The Morgan fingerprint density at radius 3 is 2.32 bits per heavy atom. The van der Waals surface area contributed by atoms with E-state index in [9.17, 15) is 9.90 Å². The van der Waals surface area contributed by atoms with Crippen LogP contribution in [0.15, 0.2) is 48.5 Å². The Kier molecular flexibility index (Phi) is 8.25. The monoisotopic (exact) mass is 378 g/mol. The van der Waals surface area contributed by atoms with Crippen molar-refractivity contribution in [2.45, 2.75) is 58.8 Å². The molecule has 0 bridgehead atoms. The average Bonchev–Trinajstić information content (AvgIpc) is 2.67. The number of hydrogen-bond donors (Lipinski definition) is 3. The molecular formula is C24H30N2O2. The average molecular weight is 379 g/mol. The highest BCUT2D eigenvalue weighted by atomic mass is 16.3. The van der Waals surface area contributed by atoms with E-state index in [0.717, 1.165) is 24.0 Å². The standard InChI is InChI=1S/C24H30N2O2/c1-5-17(2)26-24(28)23-8-6-7-21(16-23)12-9-20-10-13-22(14-11-20)15-18(3)25-19(4)27/h6-8,10-11,13-14,16-19,25,27H,5,15H2,1-4H3,(H,26,28). The number of carbonyl (C=O) groups is 1. The second-order valence-electron chi connectivity index (χ2n) is 7.26. The zero-order valence-electron chi connectivity index (χ0n) is 17.1. The summed E-state index contributed by atoms with van der Waals surface area (Å²) < 4.78 is 0. The number of rotatable bonds is 7. The summed E-state index contributed by atoms with van der Waals surface area (Å²) in [6.07, 6.45) is 1.23. The first-order chi connectivity index (χ1) is 13.4. The van der Waals surface area contributed by atoms with Crippen LogP contribution in [0.3, 0.4) is 0 Å². The van der Waals surface area contributed by atoms with Crippen LogP contribution in [-0.4, -0.2) is 29.3 Å². The van der Waals surface area contributed by atoms with E-state index in [-0.39, 0.29) is 18.0 Å². The van der Waals surface area contributed by atoms with Crippen LogP contribution in [0.25, 0.3) is 0 Å². The van der Waals surface area contributed by atoms with Gasteiger partial charge in [0, 0.05) is 28.8 Å². The van der Waals surface area contributed by atoms with Crippen molar-refractivity contribution in [3.05, 3.63) is 70.8 Å². The maximum atomic E-state index is 12.3. The minimum absolute atomic E-state index is 0.0673. The predicted molar refractivity (Wildman–Crippen MR) is 114 cm³/mol. The largest absolute Gasteiger partial charge is 0.379 e. The Morgan fingerprint density at radius 1 is 1.00 bits per heavy atom. The molecule has 3 N–H and O–H groups in total. The van der Waals surface area contributed by atoms with E-state index in [1.165, 1.54) is 5.56 Å². The number of nitrogens with one attached hydrogen (secondary N) is 2. The molecule has 0 spiro atoms. The quantitative estimate of drug-likeness (QED) is 0.511. The minimum atomic E-state index is -0.511. The van der Waals surface area contributed by atoms with E-state index in [2.05, 4.69) is 34.6 Å². The number of aliphatic hydroxyl groups is 1. The highest BCUT2D eigenvalue weighted by Crippen LogP contribution is 2.08. The lowest BCUT2D eigenvalue weighted by Gasteiger charge is -2.15. The van der Waals surface area contributed by atoms with Gasteiger partial charge in [-0.1, -0.05) is 37.0 Å². The molecule has 0 fully saturated rings. The fourth-order valence-corrected chi connectivity index (χ4v) is 2.84. The van der Waals surface area contributed by atoms with Gasteiger partial charge >= 0.3 is 0 Å². The molecule has 4 heteroatoms. The fourth-order valence-electron chi connectivity index (χ4n) is 2.84. The Morgan fingerprint density at radius 2 is 1.68 bits per heavy atom. The van der Waals surface area contributed by atoms with Gasteiger partial charge in [0.1, 0.15) is 6.23 Å². The van der Waals surface area contributed by atoms with Gasteiger partial charge in [-0.25, -0.2) is 0 Å². The molecule has 3 unspecified atom stereocenters. The first-order valence-corrected chi connectivity index (χ1v) is 9.83. The van der Waals surface area contributed by atoms with E-state index >= 15 is 0 Å². The minimum Gasteiger partial charge on any atom is -0.379 e. The molecule has 0 saturated heterocycles. The molecule has 3 atom stereocenters. The van der Waals surface area contributed by atoms with Gasteiger partial charge in [-0.05, 0) is 69.5 Å². The van der Waals surface area contributed by atoms with Crippen LogP contribution < -0.4 is 10.6 Å². The molecule has 2 aromatic rings. The zero-order chi connectivity index (χ0) is 20.5. The Hall–Kier alpha value is -2.61. The summed E-state index contributed by atoms with van der Waals surface area (Å²) in [5.74, 6) is 6.22. The smallest absolute Gasteiger partial charge is 0.251 e. The van der Waals surface area contributed by atoms with Crippen LogP contribution in [-0.2, 0) is 6.42 Å². The Bertz CT molecular complexity index is 832. The summed E-state index contributed by atoms with van der Waals surface area (Å²) in [6.45, 7) is 7.80. The van der Waals surface area contributed by atoms with Gasteiger partial charge in [0.05, 0.1) is 0 Å². The van der Waals surface area contributed by atoms with Crippen LogP contribution in [0, 0.1) is 11.8 Å². The lowest BCUT2D eigenvalue weighted by Crippen LogP contribution is -2.35. The predicted octanol–water partition coefficient (Wildman–Crippen LogP) is 3.47. The topological polar surface area (TPSA) is 61.4 Å². The summed E-state index contributed by atoms with van der Waals surface area (Å²) in [5.41, 5.74) is 3.56. The van der Waals surface area contributed by atoms with Crippen LogP contribution >= 0.6 is 0 Å². The van der Waals surface area contributed by atoms with Crippen molar-refractivity contribution in [1.82, 2.24) is 10.6 Å². The zero-order valence-corrected chi connectivity index (χ0v) is 17.1.